The van der Waals surface area contributed by atoms with Gasteiger partial charge in [-0.3, -0.25) is 9.79 Å². The number of hydrogen-bond acceptors (Lipinski definition) is 4. The molecule has 2 fully saturated rings. The molecule has 0 bridgehead atoms. The summed E-state index contributed by atoms with van der Waals surface area (Å²) in [5, 5.41) is 6.77. The molecule has 2 aliphatic rings. The molecule has 2 rings (SSSR count). The summed E-state index contributed by atoms with van der Waals surface area (Å²) in [7, 11) is 5.06. The predicted molar refractivity (Wildman–Crippen MR) is 106 cm³/mol. The number of nitrogens with zero attached hydrogens (tertiary/aromatic N) is 3. The smallest absolute Gasteiger partial charge is 0.409 e. The first kappa shape index (κ1) is 21.3. The van der Waals surface area contributed by atoms with Crippen LogP contribution in [0.3, 0.4) is 0 Å². The van der Waals surface area contributed by atoms with Crippen molar-refractivity contribution in [2.45, 2.75) is 51.5 Å². The maximum atomic E-state index is 12.7. The number of ether oxygens (including phenoxy) is 1. The van der Waals surface area contributed by atoms with E-state index in [0.29, 0.717) is 19.6 Å². The molecule has 1 saturated heterocycles. The largest absolute Gasteiger partial charge is 0.453 e. The Morgan fingerprint density at radius 2 is 1.85 bits per heavy atom. The standard InChI is InChI=1S/C19H35N5O3/c1-5-20-17(22-15-8-12-24(13-9-15)18(26)27-4)21-14-19(10-6-7-11-19)16(25)23(2)3/h15H,5-14H2,1-4H3,(H2,20,21,22). The molecule has 1 aliphatic heterocycles. The summed E-state index contributed by atoms with van der Waals surface area (Å²) in [4.78, 5) is 32.5. The maximum absolute atomic E-state index is 12.7. The van der Waals surface area contributed by atoms with E-state index in [0.717, 1.165) is 51.0 Å². The van der Waals surface area contributed by atoms with Gasteiger partial charge in [-0.2, -0.15) is 0 Å². The van der Waals surface area contributed by atoms with Crippen LogP contribution >= 0.6 is 0 Å². The first-order valence-electron chi connectivity index (χ1n) is 10.0. The number of carbonyl (C=O) groups is 2. The van der Waals surface area contributed by atoms with E-state index in [-0.39, 0.29) is 23.5 Å². The summed E-state index contributed by atoms with van der Waals surface area (Å²) in [5.74, 6) is 0.942. The van der Waals surface area contributed by atoms with Gasteiger partial charge in [0, 0.05) is 39.8 Å². The van der Waals surface area contributed by atoms with Crippen molar-refractivity contribution >= 4 is 18.0 Å². The fourth-order valence-electron chi connectivity index (χ4n) is 4.04. The molecule has 0 atom stereocenters. The first-order chi connectivity index (χ1) is 12.9. The second-order valence-electron chi connectivity index (χ2n) is 7.76. The van der Waals surface area contributed by atoms with E-state index in [1.54, 1.807) is 9.80 Å². The quantitative estimate of drug-likeness (QED) is 0.556. The average molecular weight is 382 g/mol. The van der Waals surface area contributed by atoms with Crippen LogP contribution in [0, 0.1) is 5.41 Å². The molecule has 154 valence electrons. The zero-order valence-corrected chi connectivity index (χ0v) is 17.2. The predicted octanol–water partition coefficient (Wildman–Crippen LogP) is 1.42. The van der Waals surface area contributed by atoms with E-state index in [1.165, 1.54) is 7.11 Å². The summed E-state index contributed by atoms with van der Waals surface area (Å²) in [5.41, 5.74) is -0.361. The van der Waals surface area contributed by atoms with Crippen molar-refractivity contribution in [3.8, 4) is 0 Å². The Morgan fingerprint density at radius 3 is 2.37 bits per heavy atom. The third kappa shape index (κ3) is 5.49. The second kappa shape index (κ2) is 9.80. The van der Waals surface area contributed by atoms with Crippen LogP contribution in [0.5, 0.6) is 0 Å². The summed E-state index contributed by atoms with van der Waals surface area (Å²) in [6.45, 7) is 4.66. The minimum atomic E-state index is -0.361. The molecule has 0 spiro atoms. The van der Waals surface area contributed by atoms with Crippen molar-refractivity contribution in [1.82, 2.24) is 20.4 Å². The molecule has 0 aromatic carbocycles. The third-order valence-corrected chi connectivity index (χ3v) is 5.57. The van der Waals surface area contributed by atoms with E-state index < -0.39 is 0 Å². The van der Waals surface area contributed by atoms with E-state index in [4.69, 9.17) is 9.73 Å². The lowest BCUT2D eigenvalue weighted by molar-refractivity contribution is -0.138. The number of hydrogen-bond donors (Lipinski definition) is 2. The van der Waals surface area contributed by atoms with Crippen molar-refractivity contribution < 1.29 is 14.3 Å². The number of rotatable bonds is 5. The molecule has 8 nitrogen and oxygen atoms in total. The minimum absolute atomic E-state index is 0.186. The van der Waals surface area contributed by atoms with Crippen molar-refractivity contribution in [2.75, 3.05) is 47.4 Å². The molecule has 2 N–H and O–H groups in total. The Balaban J connectivity index is 1.98. The second-order valence-corrected chi connectivity index (χ2v) is 7.76. The van der Waals surface area contributed by atoms with E-state index in [1.807, 2.05) is 21.0 Å². The van der Waals surface area contributed by atoms with Crippen molar-refractivity contribution in [1.29, 1.82) is 0 Å². The van der Waals surface area contributed by atoms with Crippen LogP contribution < -0.4 is 10.6 Å². The Bertz CT molecular complexity index is 535. The molecule has 0 aromatic heterocycles. The number of piperidine rings is 1. The van der Waals surface area contributed by atoms with E-state index in [9.17, 15) is 9.59 Å². The lowest BCUT2D eigenvalue weighted by Gasteiger charge is -2.33. The molecule has 8 heteroatoms. The van der Waals surface area contributed by atoms with Crippen LogP contribution in [-0.4, -0.2) is 81.2 Å². The van der Waals surface area contributed by atoms with Gasteiger partial charge in [0.1, 0.15) is 0 Å². The van der Waals surface area contributed by atoms with Crippen molar-refractivity contribution in [3.05, 3.63) is 0 Å². The molecule has 0 radical (unpaired) electrons. The fraction of sp³-hybridized carbons (Fsp3) is 0.842. The topological polar surface area (TPSA) is 86.3 Å². The van der Waals surface area contributed by atoms with E-state index in [2.05, 4.69) is 10.6 Å². The van der Waals surface area contributed by atoms with Gasteiger partial charge in [0.2, 0.25) is 5.91 Å². The van der Waals surface area contributed by atoms with Gasteiger partial charge in [-0.05, 0) is 32.6 Å². The molecular formula is C19H35N5O3. The monoisotopic (exact) mass is 381 g/mol. The van der Waals surface area contributed by atoms with E-state index >= 15 is 0 Å². The molecule has 2 amide bonds. The van der Waals surface area contributed by atoms with Gasteiger partial charge < -0.3 is 25.2 Å². The number of aliphatic imine (C=N–C) groups is 1. The zero-order valence-electron chi connectivity index (χ0n) is 17.2. The maximum Gasteiger partial charge on any atom is 0.409 e. The lowest BCUT2D eigenvalue weighted by atomic mass is 9.85. The molecule has 0 aromatic rings. The Hall–Kier alpha value is -1.99. The highest BCUT2D eigenvalue weighted by Gasteiger charge is 2.42. The number of amides is 2. The summed E-state index contributed by atoms with van der Waals surface area (Å²) in [6, 6.07) is 0.257. The van der Waals surface area contributed by atoms with Crippen LogP contribution in [0.15, 0.2) is 4.99 Å². The van der Waals surface area contributed by atoms with Crippen LogP contribution in [0.25, 0.3) is 0 Å². The third-order valence-electron chi connectivity index (χ3n) is 5.57. The number of nitrogens with one attached hydrogen (secondary N) is 2. The van der Waals surface area contributed by atoms with Crippen molar-refractivity contribution in [3.63, 3.8) is 0 Å². The highest BCUT2D eigenvalue weighted by Crippen LogP contribution is 2.39. The molecule has 1 saturated carbocycles. The molecular weight excluding hydrogens is 346 g/mol. The van der Waals surface area contributed by atoms with Crippen LogP contribution in [0.2, 0.25) is 0 Å². The van der Waals surface area contributed by atoms with Gasteiger partial charge in [-0.25, -0.2) is 4.79 Å². The lowest BCUT2D eigenvalue weighted by Crippen LogP contribution is -2.50. The highest BCUT2D eigenvalue weighted by molar-refractivity contribution is 5.84. The molecule has 1 heterocycles. The Kier molecular flexibility index (Phi) is 7.74. The molecule has 1 aliphatic carbocycles. The van der Waals surface area contributed by atoms with Gasteiger partial charge in [-0.15, -0.1) is 0 Å². The Morgan fingerprint density at radius 1 is 1.22 bits per heavy atom. The van der Waals surface area contributed by atoms with Crippen LogP contribution in [0.1, 0.15) is 45.4 Å². The number of methoxy groups -OCH3 is 1. The summed E-state index contributed by atoms with van der Waals surface area (Å²) >= 11 is 0. The number of guanidine groups is 1. The minimum Gasteiger partial charge on any atom is -0.453 e. The van der Waals surface area contributed by atoms with Crippen molar-refractivity contribution in [2.24, 2.45) is 10.4 Å². The number of carbonyl (C=O) groups excluding carboxylic acids is 2. The summed E-state index contributed by atoms with van der Waals surface area (Å²) in [6.07, 6.45) is 5.42. The van der Waals surface area contributed by atoms with Gasteiger partial charge in [-0.1, -0.05) is 12.8 Å². The average Bonchev–Trinajstić information content (AvgIpc) is 3.15. The first-order valence-corrected chi connectivity index (χ1v) is 10.0. The van der Waals surface area contributed by atoms with Crippen LogP contribution in [-0.2, 0) is 9.53 Å². The van der Waals surface area contributed by atoms with Gasteiger partial charge >= 0.3 is 6.09 Å². The van der Waals surface area contributed by atoms with Crippen LogP contribution in [0.4, 0.5) is 4.79 Å². The molecule has 27 heavy (non-hydrogen) atoms. The normalized spacial score (nSPS) is 20.3. The fourth-order valence-corrected chi connectivity index (χ4v) is 4.04. The Labute approximate surface area is 162 Å². The van der Waals surface area contributed by atoms with Gasteiger partial charge in [0.05, 0.1) is 19.1 Å². The SMILES string of the molecule is CCNC(=NCC1(C(=O)N(C)C)CCCC1)NC1CCN(C(=O)OC)CC1. The summed E-state index contributed by atoms with van der Waals surface area (Å²) < 4.78 is 4.79. The van der Waals surface area contributed by atoms with Gasteiger partial charge in [0.15, 0.2) is 5.96 Å². The molecule has 0 unspecified atom stereocenters. The number of likely N-dealkylation sites (tertiary alicyclic amines) is 1. The van der Waals surface area contributed by atoms with Gasteiger partial charge in [0.25, 0.3) is 0 Å². The highest BCUT2D eigenvalue weighted by atomic mass is 16.5. The zero-order chi connectivity index (χ0) is 19.9.